The molecule has 1 aromatic heterocycles. The number of rotatable bonds is 4. The number of nitrogens with zero attached hydrogens (tertiary/aromatic N) is 5. The predicted molar refractivity (Wildman–Crippen MR) is 95.6 cm³/mol. The smallest absolute Gasteiger partial charge is 0.231 e. The fourth-order valence-corrected chi connectivity index (χ4v) is 2.94. The van der Waals surface area contributed by atoms with Crippen molar-refractivity contribution in [2.24, 2.45) is 0 Å². The van der Waals surface area contributed by atoms with E-state index in [0.29, 0.717) is 5.95 Å². The molecule has 0 bridgehead atoms. The summed E-state index contributed by atoms with van der Waals surface area (Å²) >= 11 is 0. The first-order chi connectivity index (χ1) is 11.7. The highest BCUT2D eigenvalue weighted by Crippen LogP contribution is 2.23. The van der Waals surface area contributed by atoms with Crippen molar-refractivity contribution in [1.82, 2.24) is 14.9 Å². The van der Waals surface area contributed by atoms with Gasteiger partial charge in [-0.1, -0.05) is 18.2 Å². The quantitative estimate of drug-likeness (QED) is 0.863. The molecule has 1 aromatic carbocycles. The van der Waals surface area contributed by atoms with Crippen LogP contribution < -0.4 is 9.80 Å². The summed E-state index contributed by atoms with van der Waals surface area (Å²) in [6.45, 7) is 7.59. The van der Waals surface area contributed by atoms with Crippen LogP contribution in [0, 0.1) is 0 Å². The van der Waals surface area contributed by atoms with Crippen LogP contribution >= 0.6 is 0 Å². The van der Waals surface area contributed by atoms with Crippen molar-refractivity contribution < 1.29 is 4.79 Å². The summed E-state index contributed by atoms with van der Waals surface area (Å²) in [6, 6.07) is 12.1. The van der Waals surface area contributed by atoms with Gasteiger partial charge in [0.2, 0.25) is 11.9 Å². The monoisotopic (exact) mass is 325 g/mol. The SMILES string of the molecule is CCN(c1ccccc1)c1nccc(N2CCN(C(C)=O)CC2)n1. The first kappa shape index (κ1) is 16.2. The van der Waals surface area contributed by atoms with E-state index in [4.69, 9.17) is 4.98 Å². The average molecular weight is 325 g/mol. The van der Waals surface area contributed by atoms with E-state index in [2.05, 4.69) is 33.8 Å². The van der Waals surface area contributed by atoms with Crippen LogP contribution in [-0.2, 0) is 4.79 Å². The number of carbonyl (C=O) groups is 1. The topological polar surface area (TPSA) is 52.6 Å². The van der Waals surface area contributed by atoms with Crippen molar-refractivity contribution in [3.8, 4) is 0 Å². The van der Waals surface area contributed by atoms with Gasteiger partial charge in [0.05, 0.1) is 0 Å². The molecule has 0 radical (unpaired) electrons. The molecule has 1 fully saturated rings. The van der Waals surface area contributed by atoms with Crippen LogP contribution in [0.1, 0.15) is 13.8 Å². The molecular weight excluding hydrogens is 302 g/mol. The van der Waals surface area contributed by atoms with Crippen molar-refractivity contribution in [2.75, 3.05) is 42.5 Å². The highest BCUT2D eigenvalue weighted by molar-refractivity contribution is 5.73. The molecule has 24 heavy (non-hydrogen) atoms. The molecule has 1 saturated heterocycles. The summed E-state index contributed by atoms with van der Waals surface area (Å²) in [5, 5.41) is 0. The molecule has 1 aliphatic heterocycles. The van der Waals surface area contributed by atoms with E-state index in [0.717, 1.165) is 44.2 Å². The third-order valence-electron chi connectivity index (χ3n) is 4.30. The standard InChI is InChI=1S/C18H23N5O/c1-3-23(16-7-5-4-6-8-16)18-19-10-9-17(20-18)22-13-11-21(12-14-22)15(2)24/h4-10H,3,11-14H2,1-2H3. The predicted octanol–water partition coefficient (Wildman–Crippen LogP) is 2.30. The Balaban J connectivity index is 1.78. The highest BCUT2D eigenvalue weighted by atomic mass is 16.2. The van der Waals surface area contributed by atoms with E-state index in [-0.39, 0.29) is 5.91 Å². The average Bonchev–Trinajstić information content (AvgIpc) is 2.64. The molecule has 2 aromatic rings. The fourth-order valence-electron chi connectivity index (χ4n) is 2.94. The van der Waals surface area contributed by atoms with Crippen LogP contribution in [-0.4, -0.2) is 53.5 Å². The van der Waals surface area contributed by atoms with Crippen LogP contribution in [0.5, 0.6) is 0 Å². The van der Waals surface area contributed by atoms with E-state index in [9.17, 15) is 4.79 Å². The highest BCUT2D eigenvalue weighted by Gasteiger charge is 2.20. The van der Waals surface area contributed by atoms with Crippen molar-refractivity contribution in [2.45, 2.75) is 13.8 Å². The van der Waals surface area contributed by atoms with Crippen LogP contribution in [0.4, 0.5) is 17.5 Å². The summed E-state index contributed by atoms with van der Waals surface area (Å²) in [5.41, 5.74) is 1.08. The first-order valence-corrected chi connectivity index (χ1v) is 8.35. The third-order valence-corrected chi connectivity index (χ3v) is 4.30. The maximum Gasteiger partial charge on any atom is 0.231 e. The number of aromatic nitrogens is 2. The molecule has 0 N–H and O–H groups in total. The van der Waals surface area contributed by atoms with Crippen molar-refractivity contribution in [1.29, 1.82) is 0 Å². The normalized spacial score (nSPS) is 14.6. The Morgan fingerprint density at radius 2 is 1.83 bits per heavy atom. The first-order valence-electron chi connectivity index (χ1n) is 8.35. The molecule has 126 valence electrons. The molecule has 0 unspecified atom stereocenters. The minimum atomic E-state index is 0.138. The molecule has 0 atom stereocenters. The van der Waals surface area contributed by atoms with E-state index < -0.39 is 0 Å². The maximum absolute atomic E-state index is 11.5. The van der Waals surface area contributed by atoms with Crippen LogP contribution in [0.25, 0.3) is 0 Å². The molecule has 3 rings (SSSR count). The number of carbonyl (C=O) groups excluding carboxylic acids is 1. The van der Waals surface area contributed by atoms with Gasteiger partial charge in [0.15, 0.2) is 0 Å². The number of hydrogen-bond acceptors (Lipinski definition) is 5. The number of para-hydroxylation sites is 1. The van der Waals surface area contributed by atoms with Crippen molar-refractivity contribution in [3.05, 3.63) is 42.6 Å². The number of amides is 1. The second-order valence-electron chi connectivity index (χ2n) is 5.79. The summed E-state index contributed by atoms with van der Waals surface area (Å²) in [7, 11) is 0. The van der Waals surface area contributed by atoms with Crippen LogP contribution in [0.15, 0.2) is 42.6 Å². The molecule has 1 amide bonds. The lowest BCUT2D eigenvalue weighted by atomic mass is 10.3. The molecule has 0 aliphatic carbocycles. The van der Waals surface area contributed by atoms with Crippen molar-refractivity contribution >= 4 is 23.4 Å². The zero-order chi connectivity index (χ0) is 16.9. The molecule has 0 spiro atoms. The maximum atomic E-state index is 11.5. The molecule has 1 aliphatic rings. The second kappa shape index (κ2) is 7.29. The number of hydrogen-bond donors (Lipinski definition) is 0. The Hall–Kier alpha value is -2.63. The lowest BCUT2D eigenvalue weighted by Gasteiger charge is -2.35. The molecule has 0 saturated carbocycles. The fraction of sp³-hybridized carbons (Fsp3) is 0.389. The third kappa shape index (κ3) is 3.48. The van der Waals surface area contributed by atoms with Crippen molar-refractivity contribution in [3.63, 3.8) is 0 Å². The summed E-state index contributed by atoms with van der Waals surface area (Å²) in [5.74, 6) is 1.76. The Morgan fingerprint density at radius 1 is 1.12 bits per heavy atom. The van der Waals surface area contributed by atoms with Gasteiger partial charge in [-0.15, -0.1) is 0 Å². The Kier molecular flexibility index (Phi) is 4.93. The Labute approximate surface area is 142 Å². The van der Waals surface area contributed by atoms with Gasteiger partial charge < -0.3 is 14.7 Å². The van der Waals surface area contributed by atoms with E-state index in [1.165, 1.54) is 0 Å². The zero-order valence-corrected chi connectivity index (χ0v) is 14.2. The Bertz CT molecular complexity index is 683. The lowest BCUT2D eigenvalue weighted by molar-refractivity contribution is -0.129. The number of anilines is 3. The van der Waals surface area contributed by atoms with Gasteiger partial charge in [-0.2, -0.15) is 4.98 Å². The van der Waals surface area contributed by atoms with Gasteiger partial charge >= 0.3 is 0 Å². The minimum absolute atomic E-state index is 0.138. The van der Waals surface area contributed by atoms with E-state index >= 15 is 0 Å². The van der Waals surface area contributed by atoms with Gasteiger partial charge in [-0.3, -0.25) is 4.79 Å². The van der Waals surface area contributed by atoms with Gasteiger partial charge in [-0.25, -0.2) is 4.98 Å². The Morgan fingerprint density at radius 3 is 2.46 bits per heavy atom. The summed E-state index contributed by atoms with van der Waals surface area (Å²) in [6.07, 6.45) is 1.81. The molecule has 6 heteroatoms. The number of piperazine rings is 1. The lowest BCUT2D eigenvalue weighted by Crippen LogP contribution is -2.48. The van der Waals surface area contributed by atoms with Gasteiger partial charge in [0.25, 0.3) is 0 Å². The van der Waals surface area contributed by atoms with Crippen LogP contribution in [0.2, 0.25) is 0 Å². The summed E-state index contributed by atoms with van der Waals surface area (Å²) in [4.78, 5) is 26.8. The van der Waals surface area contributed by atoms with Gasteiger partial charge in [-0.05, 0) is 25.1 Å². The zero-order valence-electron chi connectivity index (χ0n) is 14.2. The summed E-state index contributed by atoms with van der Waals surface area (Å²) < 4.78 is 0. The van der Waals surface area contributed by atoms with E-state index in [1.54, 1.807) is 13.1 Å². The van der Waals surface area contributed by atoms with Gasteiger partial charge in [0, 0.05) is 51.5 Å². The second-order valence-corrected chi connectivity index (χ2v) is 5.79. The molecule has 2 heterocycles. The largest absolute Gasteiger partial charge is 0.353 e. The minimum Gasteiger partial charge on any atom is -0.353 e. The molecule has 6 nitrogen and oxygen atoms in total. The molecular formula is C18H23N5O. The van der Waals surface area contributed by atoms with E-state index in [1.807, 2.05) is 29.2 Å². The number of benzene rings is 1. The van der Waals surface area contributed by atoms with Crippen LogP contribution in [0.3, 0.4) is 0 Å². The van der Waals surface area contributed by atoms with Gasteiger partial charge in [0.1, 0.15) is 5.82 Å².